The van der Waals surface area contributed by atoms with Crippen molar-refractivity contribution in [1.82, 2.24) is 10.2 Å². The summed E-state index contributed by atoms with van der Waals surface area (Å²) in [7, 11) is 2.13. The quantitative estimate of drug-likeness (QED) is 0.774. The first-order valence-electron chi connectivity index (χ1n) is 5.23. The Balaban J connectivity index is 2.17. The van der Waals surface area contributed by atoms with Crippen LogP contribution in [0, 0.1) is 5.92 Å². The molecule has 1 rings (SSSR count). The predicted octanol–water partition coefficient (Wildman–Crippen LogP) is 1.23. The van der Waals surface area contributed by atoms with Gasteiger partial charge in [0.2, 0.25) is 5.91 Å². The molecule has 1 amide bonds. The highest BCUT2D eigenvalue weighted by molar-refractivity contribution is 9.10. The summed E-state index contributed by atoms with van der Waals surface area (Å²) in [5.41, 5.74) is 0. The number of nitrogens with one attached hydrogen (secondary N) is 1. The maximum Gasteiger partial charge on any atom is 0.233 e. The Morgan fingerprint density at radius 2 is 2.43 bits per heavy atom. The number of hydrogen-bond donors (Lipinski definition) is 1. The minimum atomic E-state index is -0.0263. The number of rotatable bonds is 4. The summed E-state index contributed by atoms with van der Waals surface area (Å²) >= 11 is 3.34. The molecule has 0 bridgehead atoms. The molecule has 82 valence electrons. The number of likely N-dealkylation sites (tertiary alicyclic amines) is 1. The predicted molar refractivity (Wildman–Crippen MR) is 61.6 cm³/mol. The first kappa shape index (κ1) is 12.0. The van der Waals surface area contributed by atoms with Crippen LogP contribution in [0.25, 0.3) is 0 Å². The first-order valence-corrected chi connectivity index (χ1v) is 6.15. The normalized spacial score (nSPS) is 24.9. The number of carbonyl (C=O) groups is 1. The average Bonchev–Trinajstić information content (AvgIpc) is 2.59. The van der Waals surface area contributed by atoms with E-state index in [1.54, 1.807) is 0 Å². The molecule has 1 N–H and O–H groups in total. The zero-order valence-corrected chi connectivity index (χ0v) is 10.5. The van der Waals surface area contributed by atoms with Gasteiger partial charge in [0.1, 0.15) is 0 Å². The molecule has 0 aliphatic carbocycles. The van der Waals surface area contributed by atoms with Gasteiger partial charge in [-0.15, -0.1) is 0 Å². The van der Waals surface area contributed by atoms with Crippen LogP contribution in [0.5, 0.6) is 0 Å². The van der Waals surface area contributed by atoms with Crippen molar-refractivity contribution < 1.29 is 4.79 Å². The molecular weight excluding hydrogens is 244 g/mol. The second-order valence-corrected chi connectivity index (χ2v) is 5.14. The average molecular weight is 263 g/mol. The van der Waals surface area contributed by atoms with Crippen LogP contribution in [0.4, 0.5) is 0 Å². The molecule has 14 heavy (non-hydrogen) atoms. The van der Waals surface area contributed by atoms with Gasteiger partial charge in [-0.1, -0.05) is 22.9 Å². The van der Waals surface area contributed by atoms with Crippen molar-refractivity contribution in [1.29, 1.82) is 0 Å². The van der Waals surface area contributed by atoms with Crippen molar-refractivity contribution in [2.24, 2.45) is 5.92 Å². The lowest BCUT2D eigenvalue weighted by molar-refractivity contribution is -0.120. The van der Waals surface area contributed by atoms with Gasteiger partial charge in [-0.25, -0.2) is 0 Å². The number of nitrogens with zero attached hydrogens (tertiary/aromatic N) is 1. The molecule has 0 radical (unpaired) electrons. The van der Waals surface area contributed by atoms with Gasteiger partial charge in [-0.05, 0) is 32.4 Å². The molecule has 0 aromatic heterocycles. The monoisotopic (exact) mass is 262 g/mol. The molecule has 4 heteroatoms. The van der Waals surface area contributed by atoms with Crippen LogP contribution in [0.1, 0.15) is 19.8 Å². The van der Waals surface area contributed by atoms with Crippen LogP contribution in [-0.2, 0) is 4.79 Å². The molecule has 0 spiro atoms. The van der Waals surface area contributed by atoms with E-state index in [0.717, 1.165) is 26.1 Å². The third kappa shape index (κ3) is 3.58. The fourth-order valence-electron chi connectivity index (χ4n) is 1.73. The molecular formula is C10H19BrN2O. The maximum absolute atomic E-state index is 11.4. The Morgan fingerprint density at radius 3 is 2.93 bits per heavy atom. The highest BCUT2D eigenvalue weighted by atomic mass is 79.9. The molecule has 2 atom stereocenters. The largest absolute Gasteiger partial charge is 0.355 e. The molecule has 3 nitrogen and oxygen atoms in total. The summed E-state index contributed by atoms with van der Waals surface area (Å²) < 4.78 is 0. The van der Waals surface area contributed by atoms with E-state index in [1.165, 1.54) is 6.42 Å². The number of halogens is 1. The summed E-state index contributed by atoms with van der Waals surface area (Å²) in [4.78, 5) is 13.7. The van der Waals surface area contributed by atoms with Crippen molar-refractivity contribution >= 4 is 21.8 Å². The van der Waals surface area contributed by atoms with E-state index >= 15 is 0 Å². The lowest BCUT2D eigenvalue weighted by Gasteiger charge is -2.13. The Hall–Kier alpha value is -0.0900. The highest BCUT2D eigenvalue weighted by Gasteiger charge is 2.20. The summed E-state index contributed by atoms with van der Waals surface area (Å²) in [5, 5.41) is 2.98. The van der Waals surface area contributed by atoms with E-state index in [-0.39, 0.29) is 10.7 Å². The van der Waals surface area contributed by atoms with Gasteiger partial charge in [0.05, 0.1) is 4.83 Å². The lowest BCUT2D eigenvalue weighted by Crippen LogP contribution is -2.35. The number of alkyl halides is 1. The second kappa shape index (κ2) is 5.71. The molecule has 1 aliphatic heterocycles. The van der Waals surface area contributed by atoms with E-state index in [1.807, 2.05) is 6.92 Å². The Bertz CT molecular complexity index is 199. The second-order valence-electron chi connectivity index (χ2n) is 4.04. The topological polar surface area (TPSA) is 32.3 Å². The zero-order valence-electron chi connectivity index (χ0n) is 8.92. The lowest BCUT2D eigenvalue weighted by atomic mass is 10.1. The molecule has 1 heterocycles. The summed E-state index contributed by atoms with van der Waals surface area (Å²) in [5.74, 6) is 0.766. The third-order valence-corrected chi connectivity index (χ3v) is 3.76. The summed E-state index contributed by atoms with van der Waals surface area (Å²) in [6, 6.07) is 0. The first-order chi connectivity index (χ1) is 6.63. The number of hydrogen-bond acceptors (Lipinski definition) is 2. The number of amides is 1. The van der Waals surface area contributed by atoms with Gasteiger partial charge >= 0.3 is 0 Å². The molecule has 0 aromatic carbocycles. The minimum absolute atomic E-state index is 0.0263. The molecule has 0 aromatic rings. The molecule has 0 saturated carbocycles. The van der Waals surface area contributed by atoms with Crippen LogP contribution in [-0.4, -0.2) is 42.3 Å². The molecule has 1 saturated heterocycles. The fraction of sp³-hybridized carbons (Fsp3) is 0.900. The highest BCUT2D eigenvalue weighted by Crippen LogP contribution is 2.13. The summed E-state index contributed by atoms with van der Waals surface area (Å²) in [6.07, 6.45) is 2.05. The van der Waals surface area contributed by atoms with Crippen LogP contribution in [0.15, 0.2) is 0 Å². The van der Waals surface area contributed by atoms with Crippen LogP contribution < -0.4 is 5.32 Å². The minimum Gasteiger partial charge on any atom is -0.355 e. The van der Waals surface area contributed by atoms with Gasteiger partial charge in [0, 0.05) is 13.1 Å². The van der Waals surface area contributed by atoms with Crippen LogP contribution in [0.3, 0.4) is 0 Å². The van der Waals surface area contributed by atoms with E-state index in [4.69, 9.17) is 0 Å². The Labute approximate surface area is 94.4 Å². The number of carbonyl (C=O) groups excluding carboxylic acids is 1. The van der Waals surface area contributed by atoms with E-state index in [2.05, 4.69) is 33.2 Å². The Morgan fingerprint density at radius 1 is 1.71 bits per heavy atom. The van der Waals surface area contributed by atoms with Crippen molar-refractivity contribution in [3.05, 3.63) is 0 Å². The van der Waals surface area contributed by atoms with Crippen molar-refractivity contribution in [2.45, 2.75) is 24.6 Å². The van der Waals surface area contributed by atoms with E-state index in [0.29, 0.717) is 5.92 Å². The van der Waals surface area contributed by atoms with Crippen molar-refractivity contribution in [3.8, 4) is 0 Å². The van der Waals surface area contributed by atoms with E-state index < -0.39 is 0 Å². The molecule has 2 unspecified atom stereocenters. The Kier molecular flexibility index (Phi) is 4.89. The molecule has 1 aliphatic rings. The van der Waals surface area contributed by atoms with Gasteiger partial charge in [0.15, 0.2) is 0 Å². The van der Waals surface area contributed by atoms with Crippen LogP contribution in [0.2, 0.25) is 0 Å². The summed E-state index contributed by atoms with van der Waals surface area (Å²) in [6.45, 7) is 5.10. The van der Waals surface area contributed by atoms with Gasteiger partial charge < -0.3 is 10.2 Å². The molecule has 1 fully saturated rings. The van der Waals surface area contributed by atoms with Gasteiger partial charge in [-0.2, -0.15) is 0 Å². The van der Waals surface area contributed by atoms with Gasteiger partial charge in [-0.3, -0.25) is 4.79 Å². The van der Waals surface area contributed by atoms with Crippen molar-refractivity contribution in [3.63, 3.8) is 0 Å². The van der Waals surface area contributed by atoms with E-state index in [9.17, 15) is 4.79 Å². The van der Waals surface area contributed by atoms with Crippen molar-refractivity contribution in [2.75, 3.05) is 26.7 Å². The SMILES string of the molecule is CCC(Br)C(=O)NCC1CCN(C)C1. The standard InChI is InChI=1S/C10H19BrN2O/c1-3-9(11)10(14)12-6-8-4-5-13(2)7-8/h8-9H,3-7H2,1-2H3,(H,12,14). The fourth-order valence-corrected chi connectivity index (χ4v) is 1.90. The zero-order chi connectivity index (χ0) is 10.6. The smallest absolute Gasteiger partial charge is 0.233 e. The van der Waals surface area contributed by atoms with Crippen LogP contribution >= 0.6 is 15.9 Å². The maximum atomic E-state index is 11.4. The third-order valence-electron chi connectivity index (χ3n) is 2.70. The van der Waals surface area contributed by atoms with Gasteiger partial charge in [0.25, 0.3) is 0 Å².